The molecule has 0 radical (unpaired) electrons. The predicted molar refractivity (Wildman–Crippen MR) is 75.0 cm³/mol. The molecule has 20 heavy (non-hydrogen) atoms. The van der Waals surface area contributed by atoms with Gasteiger partial charge in [-0.15, -0.1) is 6.58 Å². The molecular weight excluding hydrogens is 280 g/mol. The molecule has 0 aliphatic carbocycles. The molecule has 2 rings (SSSR count). The maximum absolute atomic E-state index is 10.7. The molecule has 0 fully saturated rings. The van der Waals surface area contributed by atoms with Crippen LogP contribution in [0.5, 0.6) is 5.88 Å². The number of carbonyl (C=O) groups is 1. The highest BCUT2D eigenvalue weighted by atomic mass is 32.2. The van der Waals surface area contributed by atoms with E-state index < -0.39 is 5.97 Å². The Morgan fingerprint density at radius 3 is 3.05 bits per heavy atom. The van der Waals surface area contributed by atoms with Gasteiger partial charge in [-0.3, -0.25) is 4.79 Å². The van der Waals surface area contributed by atoms with Crippen molar-refractivity contribution in [3.63, 3.8) is 0 Å². The molecule has 0 spiro atoms. The average Bonchev–Trinajstić information content (AvgIpc) is 2.80. The maximum atomic E-state index is 10.7. The maximum Gasteiger partial charge on any atom is 0.313 e. The summed E-state index contributed by atoms with van der Waals surface area (Å²) in [4.78, 5) is 23.3. The molecule has 0 aromatic carbocycles. The molecule has 8 heteroatoms. The molecule has 0 saturated carbocycles. The van der Waals surface area contributed by atoms with Crippen LogP contribution >= 0.6 is 11.8 Å². The first-order chi connectivity index (χ1) is 9.67. The van der Waals surface area contributed by atoms with E-state index in [1.54, 1.807) is 6.08 Å². The van der Waals surface area contributed by atoms with Crippen molar-refractivity contribution < 1.29 is 14.6 Å². The summed E-state index contributed by atoms with van der Waals surface area (Å²) < 4.78 is 7.01. The van der Waals surface area contributed by atoms with Crippen LogP contribution in [0.15, 0.2) is 24.1 Å². The molecule has 0 aliphatic rings. The molecule has 2 aromatic heterocycles. The van der Waals surface area contributed by atoms with E-state index in [4.69, 9.17) is 9.84 Å². The number of thioether (sulfide) groups is 1. The van der Waals surface area contributed by atoms with Gasteiger partial charge in [0.1, 0.15) is 6.33 Å². The Balaban J connectivity index is 2.47. The normalized spacial score (nSPS) is 10.7. The van der Waals surface area contributed by atoms with Crippen molar-refractivity contribution in [2.75, 3.05) is 12.9 Å². The van der Waals surface area contributed by atoms with Gasteiger partial charge in [-0.05, 0) is 6.42 Å². The molecule has 0 bridgehead atoms. The molecule has 2 aromatic rings. The van der Waals surface area contributed by atoms with Crippen LogP contribution in [-0.2, 0) is 11.3 Å². The Bertz CT molecular complexity index is 641. The highest BCUT2D eigenvalue weighted by Gasteiger charge is 2.17. The lowest BCUT2D eigenvalue weighted by Gasteiger charge is -2.05. The summed E-state index contributed by atoms with van der Waals surface area (Å²) in [6.45, 7) is 4.31. The summed E-state index contributed by atoms with van der Waals surface area (Å²) in [5.41, 5.74) is 1.17. The molecule has 0 aliphatic heterocycles. The second-order valence-electron chi connectivity index (χ2n) is 3.86. The number of imidazole rings is 1. The van der Waals surface area contributed by atoms with E-state index in [1.165, 1.54) is 13.4 Å². The zero-order chi connectivity index (χ0) is 14.5. The van der Waals surface area contributed by atoms with Crippen LogP contribution in [0.2, 0.25) is 0 Å². The average molecular weight is 294 g/mol. The highest BCUT2D eigenvalue weighted by molar-refractivity contribution is 7.99. The van der Waals surface area contributed by atoms with Crippen molar-refractivity contribution in [1.82, 2.24) is 19.5 Å². The zero-order valence-electron chi connectivity index (χ0n) is 10.9. The van der Waals surface area contributed by atoms with Crippen molar-refractivity contribution >= 4 is 28.9 Å². The lowest BCUT2D eigenvalue weighted by atomic mass is 10.4. The second-order valence-corrected chi connectivity index (χ2v) is 4.80. The Morgan fingerprint density at radius 1 is 1.60 bits per heavy atom. The number of ether oxygens (including phenoxy) is 1. The number of nitrogens with zero attached hydrogens (tertiary/aromatic N) is 4. The van der Waals surface area contributed by atoms with Crippen LogP contribution in [0.4, 0.5) is 0 Å². The Labute approximate surface area is 119 Å². The van der Waals surface area contributed by atoms with E-state index >= 15 is 0 Å². The molecular formula is C12H14N4O3S. The van der Waals surface area contributed by atoms with Crippen molar-refractivity contribution in [2.24, 2.45) is 0 Å². The minimum Gasteiger partial charge on any atom is -0.481 e. The third-order valence-corrected chi connectivity index (χ3v) is 3.50. The summed E-state index contributed by atoms with van der Waals surface area (Å²) in [6, 6.07) is 0. The lowest BCUT2D eigenvalue weighted by Crippen LogP contribution is -2.04. The van der Waals surface area contributed by atoms with Gasteiger partial charge in [0, 0.05) is 6.54 Å². The number of allylic oxidation sites excluding steroid dienone is 1. The van der Waals surface area contributed by atoms with Crippen molar-refractivity contribution in [3.8, 4) is 5.88 Å². The molecule has 0 saturated heterocycles. The van der Waals surface area contributed by atoms with E-state index in [9.17, 15) is 4.79 Å². The van der Waals surface area contributed by atoms with E-state index in [0.717, 1.165) is 18.2 Å². The number of methoxy groups -OCH3 is 1. The molecule has 2 heterocycles. The summed E-state index contributed by atoms with van der Waals surface area (Å²) in [5, 5.41) is 9.38. The van der Waals surface area contributed by atoms with Crippen LogP contribution in [0.1, 0.15) is 6.42 Å². The van der Waals surface area contributed by atoms with Crippen molar-refractivity contribution in [3.05, 3.63) is 19.0 Å². The predicted octanol–water partition coefficient (Wildman–Crippen LogP) is 1.59. The molecule has 0 atom stereocenters. The van der Waals surface area contributed by atoms with E-state index in [0.29, 0.717) is 28.7 Å². The van der Waals surface area contributed by atoms with Gasteiger partial charge in [0.25, 0.3) is 0 Å². The number of aromatic nitrogens is 4. The van der Waals surface area contributed by atoms with Crippen LogP contribution in [0.25, 0.3) is 11.2 Å². The zero-order valence-corrected chi connectivity index (χ0v) is 11.8. The molecule has 7 nitrogen and oxygen atoms in total. The number of aryl methyl sites for hydroxylation is 1. The first-order valence-corrected chi connectivity index (χ1v) is 6.86. The van der Waals surface area contributed by atoms with E-state index in [2.05, 4.69) is 21.5 Å². The Kier molecular flexibility index (Phi) is 4.57. The number of rotatable bonds is 7. The highest BCUT2D eigenvalue weighted by Crippen LogP contribution is 2.27. The summed E-state index contributed by atoms with van der Waals surface area (Å²) in [5.74, 6) is -0.576. The van der Waals surface area contributed by atoms with Gasteiger partial charge in [0.15, 0.2) is 16.3 Å². The van der Waals surface area contributed by atoms with Crippen molar-refractivity contribution in [2.45, 2.75) is 18.1 Å². The standard InChI is InChI=1S/C12H14N4O3S/c1-3-4-5-16-10-9(11(19-2)14-7-13-10)15-12(16)20-6-8(17)18/h3,7H,1,4-6H2,2H3,(H,17,18). The number of carboxylic acids is 1. The smallest absolute Gasteiger partial charge is 0.313 e. The Morgan fingerprint density at radius 2 is 2.40 bits per heavy atom. The summed E-state index contributed by atoms with van der Waals surface area (Å²) in [7, 11) is 1.51. The fraction of sp³-hybridized carbons (Fsp3) is 0.333. The summed E-state index contributed by atoms with van der Waals surface area (Å²) >= 11 is 1.15. The van der Waals surface area contributed by atoms with Gasteiger partial charge in [0.2, 0.25) is 5.88 Å². The van der Waals surface area contributed by atoms with Gasteiger partial charge in [0.05, 0.1) is 12.9 Å². The van der Waals surface area contributed by atoms with Crippen LogP contribution < -0.4 is 4.74 Å². The minimum atomic E-state index is -0.893. The Hall–Kier alpha value is -2.09. The lowest BCUT2D eigenvalue weighted by molar-refractivity contribution is -0.133. The number of hydrogen-bond donors (Lipinski definition) is 1. The van der Waals surface area contributed by atoms with Gasteiger partial charge < -0.3 is 14.4 Å². The number of aliphatic carboxylic acids is 1. The summed E-state index contributed by atoms with van der Waals surface area (Å²) in [6.07, 6.45) is 3.92. The largest absolute Gasteiger partial charge is 0.481 e. The minimum absolute atomic E-state index is 0.0623. The number of hydrogen-bond acceptors (Lipinski definition) is 6. The third-order valence-electron chi connectivity index (χ3n) is 2.54. The SMILES string of the molecule is C=CCCn1c(SCC(=O)O)nc2c(OC)ncnc21. The van der Waals surface area contributed by atoms with E-state index in [-0.39, 0.29) is 5.75 Å². The van der Waals surface area contributed by atoms with Crippen molar-refractivity contribution in [1.29, 1.82) is 0 Å². The number of carboxylic acid groups (broad SMARTS) is 1. The second kappa shape index (κ2) is 6.38. The fourth-order valence-corrected chi connectivity index (χ4v) is 2.45. The van der Waals surface area contributed by atoms with Gasteiger partial charge in [-0.1, -0.05) is 17.8 Å². The quantitative estimate of drug-likeness (QED) is 0.612. The third kappa shape index (κ3) is 2.90. The first-order valence-electron chi connectivity index (χ1n) is 5.88. The van der Waals surface area contributed by atoms with Gasteiger partial charge in [-0.25, -0.2) is 9.97 Å². The van der Waals surface area contributed by atoms with E-state index in [1.807, 2.05) is 4.57 Å². The van der Waals surface area contributed by atoms with Crippen LogP contribution in [-0.4, -0.2) is 43.5 Å². The molecule has 0 unspecified atom stereocenters. The molecule has 106 valence electrons. The fourth-order valence-electron chi connectivity index (χ4n) is 1.70. The molecule has 0 amide bonds. The van der Waals surface area contributed by atoms with Crippen LogP contribution in [0.3, 0.4) is 0 Å². The topological polar surface area (TPSA) is 90.1 Å². The number of fused-ring (bicyclic) bond motifs is 1. The van der Waals surface area contributed by atoms with Gasteiger partial charge >= 0.3 is 5.97 Å². The van der Waals surface area contributed by atoms with Gasteiger partial charge in [-0.2, -0.15) is 4.98 Å². The van der Waals surface area contributed by atoms with Crippen LogP contribution in [0, 0.1) is 0 Å². The monoisotopic (exact) mass is 294 g/mol. The first kappa shape index (κ1) is 14.3. The molecule has 1 N–H and O–H groups in total.